The molecule has 2 aromatic rings. The zero-order valence-corrected chi connectivity index (χ0v) is 11.5. The molecule has 0 radical (unpaired) electrons. The number of nitrogens with two attached hydrogens (primary N) is 1. The van der Waals surface area contributed by atoms with Crippen molar-refractivity contribution in [2.75, 3.05) is 10.0 Å². The molecule has 0 unspecified atom stereocenters. The number of hydrogen-bond acceptors (Lipinski definition) is 3. The number of amides is 1. The topological polar surface area (TPSA) is 101 Å². The van der Waals surface area contributed by atoms with Gasteiger partial charge < -0.3 is 5.32 Å². The van der Waals surface area contributed by atoms with Crippen molar-refractivity contribution in [3.63, 3.8) is 0 Å². The third-order valence-corrected chi connectivity index (χ3v) is 3.01. The number of rotatable bonds is 4. The predicted octanol–water partition coefficient (Wildman–Crippen LogP) is 1.69. The Morgan fingerprint density at radius 1 is 1.05 bits per heavy atom. The van der Waals surface area contributed by atoms with Crippen LogP contribution in [0.5, 0.6) is 0 Å². The molecule has 0 aromatic heterocycles. The number of halogens is 1. The van der Waals surface area contributed by atoms with E-state index in [-0.39, 0.29) is 11.3 Å². The van der Waals surface area contributed by atoms with E-state index >= 15 is 0 Å². The molecule has 8 heteroatoms. The first-order valence-electron chi connectivity index (χ1n) is 5.81. The molecule has 0 bridgehead atoms. The Bertz CT molecular complexity index is 760. The van der Waals surface area contributed by atoms with Crippen LogP contribution in [0.3, 0.4) is 0 Å². The maximum atomic E-state index is 12.8. The summed E-state index contributed by atoms with van der Waals surface area (Å²) in [4.78, 5) is 11.9. The predicted molar refractivity (Wildman–Crippen MR) is 77.5 cm³/mol. The van der Waals surface area contributed by atoms with E-state index in [4.69, 9.17) is 5.14 Å². The van der Waals surface area contributed by atoms with Crippen molar-refractivity contribution in [2.45, 2.75) is 0 Å². The van der Waals surface area contributed by atoms with Gasteiger partial charge in [-0.05, 0) is 42.5 Å². The average Bonchev–Trinajstić information content (AvgIpc) is 2.37. The minimum atomic E-state index is -3.88. The van der Waals surface area contributed by atoms with E-state index in [1.807, 2.05) is 0 Å². The van der Waals surface area contributed by atoms with Crippen LogP contribution in [-0.4, -0.2) is 14.3 Å². The smallest absolute Gasteiger partial charge is 0.296 e. The summed E-state index contributed by atoms with van der Waals surface area (Å²) in [5, 5.41) is 7.43. The van der Waals surface area contributed by atoms with Gasteiger partial charge in [0, 0.05) is 11.3 Å². The van der Waals surface area contributed by atoms with Gasteiger partial charge in [0.2, 0.25) is 0 Å². The van der Waals surface area contributed by atoms with Gasteiger partial charge >= 0.3 is 0 Å². The highest BCUT2D eigenvalue weighted by Crippen LogP contribution is 2.16. The molecule has 110 valence electrons. The molecular weight excluding hydrogens is 297 g/mol. The monoisotopic (exact) mass is 309 g/mol. The molecule has 0 saturated carbocycles. The first kappa shape index (κ1) is 14.9. The fraction of sp³-hybridized carbons (Fsp3) is 0. The molecule has 0 heterocycles. The lowest BCUT2D eigenvalue weighted by molar-refractivity contribution is 0.102. The van der Waals surface area contributed by atoms with Crippen LogP contribution < -0.4 is 15.2 Å². The van der Waals surface area contributed by atoms with Crippen molar-refractivity contribution >= 4 is 27.5 Å². The SMILES string of the molecule is NS(=O)(=O)Nc1cccc(NC(=O)c2ccc(F)cc2)c1. The number of benzene rings is 2. The quantitative estimate of drug-likeness (QED) is 0.801. The Kier molecular flexibility index (Phi) is 4.20. The van der Waals surface area contributed by atoms with Crippen LogP contribution in [0.1, 0.15) is 10.4 Å². The largest absolute Gasteiger partial charge is 0.322 e. The van der Waals surface area contributed by atoms with E-state index in [0.717, 1.165) is 0 Å². The van der Waals surface area contributed by atoms with Gasteiger partial charge in [0.15, 0.2) is 0 Å². The highest BCUT2D eigenvalue weighted by atomic mass is 32.2. The first-order valence-corrected chi connectivity index (χ1v) is 7.36. The van der Waals surface area contributed by atoms with Gasteiger partial charge in [0.05, 0.1) is 5.69 Å². The molecular formula is C13H12FN3O3S. The van der Waals surface area contributed by atoms with E-state index < -0.39 is 21.9 Å². The average molecular weight is 309 g/mol. The Morgan fingerprint density at radius 2 is 1.67 bits per heavy atom. The Balaban J connectivity index is 2.14. The number of carbonyl (C=O) groups excluding carboxylic acids is 1. The van der Waals surface area contributed by atoms with Gasteiger partial charge in [0.25, 0.3) is 16.1 Å². The molecule has 2 aromatic carbocycles. The Hall–Kier alpha value is -2.45. The van der Waals surface area contributed by atoms with E-state index in [2.05, 4.69) is 10.0 Å². The highest BCUT2D eigenvalue weighted by molar-refractivity contribution is 7.90. The van der Waals surface area contributed by atoms with Gasteiger partial charge in [-0.1, -0.05) is 6.07 Å². The minimum Gasteiger partial charge on any atom is -0.322 e. The lowest BCUT2D eigenvalue weighted by Crippen LogP contribution is -2.21. The van der Waals surface area contributed by atoms with Gasteiger partial charge in [0.1, 0.15) is 5.82 Å². The summed E-state index contributed by atoms with van der Waals surface area (Å²) in [6.45, 7) is 0. The van der Waals surface area contributed by atoms with Crippen LogP contribution in [-0.2, 0) is 10.2 Å². The number of carbonyl (C=O) groups is 1. The van der Waals surface area contributed by atoms with Crippen molar-refractivity contribution in [3.8, 4) is 0 Å². The second-order valence-electron chi connectivity index (χ2n) is 4.19. The van der Waals surface area contributed by atoms with Gasteiger partial charge in [-0.2, -0.15) is 8.42 Å². The maximum absolute atomic E-state index is 12.8. The zero-order valence-electron chi connectivity index (χ0n) is 10.7. The highest BCUT2D eigenvalue weighted by Gasteiger charge is 2.07. The summed E-state index contributed by atoms with van der Waals surface area (Å²) in [5.74, 6) is -0.881. The third-order valence-electron chi connectivity index (χ3n) is 2.49. The van der Waals surface area contributed by atoms with Crippen LogP contribution in [0.2, 0.25) is 0 Å². The summed E-state index contributed by atoms with van der Waals surface area (Å²) in [6.07, 6.45) is 0. The molecule has 0 aliphatic rings. The lowest BCUT2D eigenvalue weighted by atomic mass is 10.2. The molecule has 0 saturated heterocycles. The molecule has 6 nitrogen and oxygen atoms in total. The number of hydrogen-bond donors (Lipinski definition) is 3. The van der Waals surface area contributed by atoms with Crippen LogP contribution >= 0.6 is 0 Å². The summed E-state index contributed by atoms with van der Waals surface area (Å²) < 4.78 is 36.7. The molecule has 0 atom stereocenters. The van der Waals surface area contributed by atoms with Crippen LogP contribution in [0.4, 0.5) is 15.8 Å². The molecule has 2 rings (SSSR count). The van der Waals surface area contributed by atoms with Gasteiger partial charge in [-0.3, -0.25) is 9.52 Å². The molecule has 0 aliphatic heterocycles. The summed E-state index contributed by atoms with van der Waals surface area (Å²) >= 11 is 0. The van der Waals surface area contributed by atoms with Crippen LogP contribution in [0, 0.1) is 5.82 Å². The van der Waals surface area contributed by atoms with Crippen LogP contribution in [0.25, 0.3) is 0 Å². The van der Waals surface area contributed by atoms with Gasteiger partial charge in [-0.25, -0.2) is 9.53 Å². The second-order valence-corrected chi connectivity index (χ2v) is 5.48. The van der Waals surface area contributed by atoms with Crippen molar-refractivity contribution < 1.29 is 17.6 Å². The summed E-state index contributed by atoms with van der Waals surface area (Å²) in [7, 11) is -3.88. The number of nitrogens with one attached hydrogen (secondary N) is 2. The minimum absolute atomic E-state index is 0.217. The molecule has 4 N–H and O–H groups in total. The molecule has 1 amide bonds. The van der Waals surface area contributed by atoms with Crippen molar-refractivity contribution in [2.24, 2.45) is 5.14 Å². The number of anilines is 2. The van der Waals surface area contributed by atoms with Crippen molar-refractivity contribution in [1.82, 2.24) is 0 Å². The van der Waals surface area contributed by atoms with Crippen molar-refractivity contribution in [1.29, 1.82) is 0 Å². The molecule has 0 aliphatic carbocycles. The van der Waals surface area contributed by atoms with E-state index in [1.54, 1.807) is 12.1 Å². The first-order chi connectivity index (χ1) is 9.83. The zero-order chi connectivity index (χ0) is 15.5. The Labute approximate surface area is 121 Å². The van der Waals surface area contributed by atoms with E-state index in [1.165, 1.54) is 36.4 Å². The third kappa shape index (κ3) is 4.55. The molecule has 0 fully saturated rings. The fourth-order valence-corrected chi connectivity index (χ4v) is 2.08. The normalized spacial score (nSPS) is 11.0. The maximum Gasteiger partial charge on any atom is 0.296 e. The lowest BCUT2D eigenvalue weighted by Gasteiger charge is -2.08. The summed E-state index contributed by atoms with van der Waals surface area (Å²) in [5.41, 5.74) is 0.869. The van der Waals surface area contributed by atoms with Crippen molar-refractivity contribution in [3.05, 3.63) is 59.9 Å². The van der Waals surface area contributed by atoms with E-state index in [9.17, 15) is 17.6 Å². The molecule has 21 heavy (non-hydrogen) atoms. The Morgan fingerprint density at radius 3 is 2.29 bits per heavy atom. The summed E-state index contributed by atoms with van der Waals surface area (Å²) in [6, 6.07) is 11.1. The molecule has 0 spiro atoms. The second kappa shape index (κ2) is 5.90. The standard InChI is InChI=1S/C13H12FN3O3S/c14-10-6-4-9(5-7-10)13(18)16-11-2-1-3-12(8-11)17-21(15,19)20/h1-8,17H,(H,16,18)(H2,15,19,20). The fourth-order valence-electron chi connectivity index (χ4n) is 1.63. The van der Waals surface area contributed by atoms with Crippen LogP contribution in [0.15, 0.2) is 48.5 Å². The van der Waals surface area contributed by atoms with Gasteiger partial charge in [-0.15, -0.1) is 0 Å². The van der Waals surface area contributed by atoms with E-state index in [0.29, 0.717) is 5.69 Å².